The van der Waals surface area contributed by atoms with Crippen molar-refractivity contribution in [2.75, 3.05) is 30.8 Å². The second-order valence-electron chi connectivity index (χ2n) is 3.30. The first-order valence-electron chi connectivity index (χ1n) is 4.79. The summed E-state index contributed by atoms with van der Waals surface area (Å²) in [6.07, 6.45) is 3.65. The second-order valence-corrected chi connectivity index (χ2v) is 4.93. The molecule has 1 aliphatic heterocycles. The number of anilines is 1. The lowest BCUT2D eigenvalue weighted by Crippen LogP contribution is -2.48. The Bertz CT molecular complexity index is 414. The van der Waals surface area contributed by atoms with Crippen molar-refractivity contribution in [1.29, 1.82) is 0 Å². The molecule has 0 saturated carbocycles. The van der Waals surface area contributed by atoms with Gasteiger partial charge in [-0.05, 0) is 22.2 Å². The molecule has 1 amide bonds. The van der Waals surface area contributed by atoms with E-state index in [1.54, 1.807) is 6.20 Å². The zero-order valence-corrected chi connectivity index (χ0v) is 11.1. The van der Waals surface area contributed by atoms with E-state index >= 15 is 0 Å². The second kappa shape index (κ2) is 5.01. The average molecular weight is 303 g/mol. The summed E-state index contributed by atoms with van der Waals surface area (Å²) in [5, 5.41) is 3.50. The molecule has 86 valence electrons. The molecule has 1 fully saturated rings. The summed E-state index contributed by atoms with van der Waals surface area (Å²) in [6, 6.07) is 0. The van der Waals surface area contributed by atoms with Crippen molar-refractivity contribution < 1.29 is 4.79 Å². The van der Waals surface area contributed by atoms with E-state index < -0.39 is 0 Å². The number of halogens is 1. The smallest absolute Gasteiger partial charge is 0.239 e. The van der Waals surface area contributed by atoms with Crippen LogP contribution >= 0.6 is 27.7 Å². The van der Waals surface area contributed by atoms with Crippen LogP contribution in [0.1, 0.15) is 0 Å². The van der Waals surface area contributed by atoms with Crippen molar-refractivity contribution in [2.45, 2.75) is 5.16 Å². The monoisotopic (exact) mass is 302 g/mol. The Labute approximate surface area is 106 Å². The number of hydrogen-bond donors (Lipinski definition) is 1. The van der Waals surface area contributed by atoms with Gasteiger partial charge in [-0.1, -0.05) is 11.8 Å². The first kappa shape index (κ1) is 11.7. The molecule has 0 bridgehead atoms. The zero-order chi connectivity index (χ0) is 11.5. The van der Waals surface area contributed by atoms with E-state index in [0.717, 1.165) is 16.8 Å². The van der Waals surface area contributed by atoms with Gasteiger partial charge in [-0.15, -0.1) is 0 Å². The highest BCUT2D eigenvalue weighted by Crippen LogP contribution is 2.25. The van der Waals surface area contributed by atoms with Gasteiger partial charge in [0, 0.05) is 19.3 Å². The molecule has 0 aliphatic carbocycles. The summed E-state index contributed by atoms with van der Waals surface area (Å²) in [6.45, 7) is 1.78. The molecule has 0 aromatic carbocycles. The van der Waals surface area contributed by atoms with E-state index in [2.05, 4.69) is 31.2 Å². The minimum absolute atomic E-state index is 0.0301. The van der Waals surface area contributed by atoms with E-state index in [-0.39, 0.29) is 5.91 Å². The fraction of sp³-hybridized carbons (Fsp3) is 0.444. The molecule has 1 aromatic rings. The fourth-order valence-corrected chi connectivity index (χ4v) is 2.26. The first-order chi connectivity index (χ1) is 7.70. The minimum Gasteiger partial charge on any atom is -0.353 e. The highest BCUT2D eigenvalue weighted by Gasteiger charge is 2.20. The van der Waals surface area contributed by atoms with Crippen molar-refractivity contribution in [3.05, 3.63) is 10.7 Å². The number of nitrogens with zero attached hydrogens (tertiary/aromatic N) is 3. The third kappa shape index (κ3) is 2.46. The molecule has 16 heavy (non-hydrogen) atoms. The number of piperazine rings is 1. The summed E-state index contributed by atoms with van der Waals surface area (Å²) in [5.74, 6) is 0.816. The van der Waals surface area contributed by atoms with E-state index in [4.69, 9.17) is 0 Å². The number of carbonyl (C=O) groups is 1. The molecule has 1 saturated heterocycles. The number of thioether (sulfide) groups is 1. The maximum atomic E-state index is 11.3. The van der Waals surface area contributed by atoms with Gasteiger partial charge in [0.1, 0.15) is 5.82 Å². The summed E-state index contributed by atoms with van der Waals surface area (Å²) < 4.78 is 0.819. The fourth-order valence-electron chi connectivity index (χ4n) is 1.48. The highest BCUT2D eigenvalue weighted by molar-refractivity contribution is 9.10. The van der Waals surface area contributed by atoms with Gasteiger partial charge in [-0.25, -0.2) is 9.97 Å². The molecule has 1 aromatic heterocycles. The number of nitrogens with one attached hydrogen (secondary N) is 1. The van der Waals surface area contributed by atoms with Gasteiger partial charge < -0.3 is 10.2 Å². The molecule has 0 atom stereocenters. The number of rotatable bonds is 2. The van der Waals surface area contributed by atoms with Crippen molar-refractivity contribution in [2.24, 2.45) is 0 Å². The molecule has 2 heterocycles. The van der Waals surface area contributed by atoms with Crippen LogP contribution in [0.15, 0.2) is 15.8 Å². The van der Waals surface area contributed by atoms with Crippen LogP contribution in [0, 0.1) is 0 Å². The molecular weight excluding hydrogens is 292 g/mol. The SMILES string of the molecule is CSc1ncc(Br)c(N2CCNC(=O)C2)n1. The highest BCUT2D eigenvalue weighted by atomic mass is 79.9. The molecule has 0 radical (unpaired) electrons. The van der Waals surface area contributed by atoms with Gasteiger partial charge in [0.2, 0.25) is 5.91 Å². The first-order valence-corrected chi connectivity index (χ1v) is 6.80. The van der Waals surface area contributed by atoms with Crippen LogP contribution in [-0.2, 0) is 4.79 Å². The topological polar surface area (TPSA) is 58.1 Å². The number of amides is 1. The normalized spacial score (nSPS) is 16.1. The Balaban J connectivity index is 2.27. The van der Waals surface area contributed by atoms with Gasteiger partial charge in [0.25, 0.3) is 0 Å². The van der Waals surface area contributed by atoms with Crippen LogP contribution < -0.4 is 10.2 Å². The van der Waals surface area contributed by atoms with Crippen molar-refractivity contribution in [3.63, 3.8) is 0 Å². The summed E-state index contributed by atoms with van der Waals surface area (Å²) in [5.41, 5.74) is 0. The quantitative estimate of drug-likeness (QED) is 0.650. The molecule has 2 rings (SSSR count). The average Bonchev–Trinajstić information content (AvgIpc) is 2.30. The molecule has 5 nitrogen and oxygen atoms in total. The van der Waals surface area contributed by atoms with Gasteiger partial charge >= 0.3 is 0 Å². The van der Waals surface area contributed by atoms with E-state index in [9.17, 15) is 4.79 Å². The lowest BCUT2D eigenvalue weighted by atomic mass is 10.3. The summed E-state index contributed by atoms with van der Waals surface area (Å²) in [4.78, 5) is 21.8. The van der Waals surface area contributed by atoms with E-state index in [1.807, 2.05) is 11.2 Å². The van der Waals surface area contributed by atoms with Gasteiger partial charge in [0.05, 0.1) is 11.0 Å². The maximum absolute atomic E-state index is 11.3. The molecule has 1 aliphatic rings. The number of aromatic nitrogens is 2. The van der Waals surface area contributed by atoms with Crippen LogP contribution in [-0.4, -0.2) is 41.8 Å². The van der Waals surface area contributed by atoms with Crippen LogP contribution in [0.25, 0.3) is 0 Å². The predicted molar refractivity (Wildman–Crippen MR) is 66.7 cm³/mol. The zero-order valence-electron chi connectivity index (χ0n) is 8.73. The number of carbonyl (C=O) groups excluding carboxylic acids is 1. The minimum atomic E-state index is 0.0301. The lowest BCUT2D eigenvalue weighted by Gasteiger charge is -2.28. The molecule has 7 heteroatoms. The van der Waals surface area contributed by atoms with E-state index in [1.165, 1.54) is 11.8 Å². The Morgan fingerprint density at radius 2 is 2.44 bits per heavy atom. The van der Waals surface area contributed by atoms with Crippen LogP contribution in [0.3, 0.4) is 0 Å². The molecule has 1 N–H and O–H groups in total. The Kier molecular flexibility index (Phi) is 3.65. The maximum Gasteiger partial charge on any atom is 0.239 e. The van der Waals surface area contributed by atoms with Gasteiger partial charge in [-0.3, -0.25) is 4.79 Å². The lowest BCUT2D eigenvalue weighted by molar-refractivity contribution is -0.120. The Hall–Kier alpha value is -0.820. The Morgan fingerprint density at radius 3 is 3.12 bits per heavy atom. The van der Waals surface area contributed by atoms with Gasteiger partial charge in [-0.2, -0.15) is 0 Å². The number of hydrogen-bond acceptors (Lipinski definition) is 5. The van der Waals surface area contributed by atoms with Crippen LogP contribution in [0.2, 0.25) is 0 Å². The van der Waals surface area contributed by atoms with E-state index in [0.29, 0.717) is 18.2 Å². The summed E-state index contributed by atoms with van der Waals surface area (Å²) >= 11 is 4.89. The molecular formula is C9H11BrN4OS. The summed E-state index contributed by atoms with van der Waals surface area (Å²) in [7, 11) is 0. The van der Waals surface area contributed by atoms with Crippen molar-refractivity contribution >= 4 is 39.4 Å². The van der Waals surface area contributed by atoms with Crippen molar-refractivity contribution in [1.82, 2.24) is 15.3 Å². The molecule has 0 spiro atoms. The standard InChI is InChI=1S/C9H11BrN4OS/c1-16-9-12-4-6(10)8(13-9)14-3-2-11-7(15)5-14/h4H,2-3,5H2,1H3,(H,11,15). The van der Waals surface area contributed by atoms with Crippen LogP contribution in [0.4, 0.5) is 5.82 Å². The predicted octanol–water partition coefficient (Wildman–Crippen LogP) is 0.897. The largest absolute Gasteiger partial charge is 0.353 e. The molecule has 0 unspecified atom stereocenters. The third-order valence-corrected chi connectivity index (χ3v) is 3.35. The van der Waals surface area contributed by atoms with Gasteiger partial charge in [0.15, 0.2) is 5.16 Å². The van der Waals surface area contributed by atoms with Crippen molar-refractivity contribution in [3.8, 4) is 0 Å². The Morgan fingerprint density at radius 1 is 1.62 bits per heavy atom. The van der Waals surface area contributed by atoms with Crippen LogP contribution in [0.5, 0.6) is 0 Å². The third-order valence-electron chi connectivity index (χ3n) is 2.22.